The molecular formula is C10H7Cl3O5S. The van der Waals surface area contributed by atoms with E-state index in [4.69, 9.17) is 43.4 Å². The first-order chi connectivity index (χ1) is 8.79. The Labute approximate surface area is 123 Å². The smallest absolute Gasteiger partial charge is 0.340 e. The summed E-state index contributed by atoms with van der Waals surface area (Å²) < 4.78 is 32.5. The zero-order chi connectivity index (χ0) is 14.2. The van der Waals surface area contributed by atoms with Crippen LogP contribution in [0.3, 0.4) is 0 Å². The number of hydrogen-bond acceptors (Lipinski definition) is 5. The summed E-state index contributed by atoms with van der Waals surface area (Å²) in [4.78, 5) is 11.4. The highest BCUT2D eigenvalue weighted by Gasteiger charge is 2.26. The number of ether oxygens (including phenoxy) is 2. The maximum Gasteiger partial charge on any atom is 0.340 e. The third-order valence-electron chi connectivity index (χ3n) is 2.39. The van der Waals surface area contributed by atoms with Gasteiger partial charge in [-0.25, -0.2) is 13.2 Å². The van der Waals surface area contributed by atoms with Gasteiger partial charge in [-0.1, -0.05) is 23.2 Å². The maximum absolute atomic E-state index is 11.8. The molecule has 5 nitrogen and oxygen atoms in total. The molecular weight excluding hydrogens is 339 g/mol. The van der Waals surface area contributed by atoms with Gasteiger partial charge in [0.25, 0.3) is 9.05 Å². The molecule has 0 unspecified atom stereocenters. The Morgan fingerprint density at radius 2 is 1.89 bits per heavy atom. The lowest BCUT2D eigenvalue weighted by molar-refractivity contribution is -0.103. The minimum Gasteiger partial charge on any atom is -0.454 e. The van der Waals surface area contributed by atoms with Gasteiger partial charge in [0.15, 0.2) is 0 Å². The Hall–Kier alpha value is -0.530. The van der Waals surface area contributed by atoms with Crippen molar-refractivity contribution in [2.24, 2.45) is 0 Å². The van der Waals surface area contributed by atoms with Crippen LogP contribution in [-0.4, -0.2) is 33.7 Å². The van der Waals surface area contributed by atoms with E-state index in [1.54, 1.807) is 0 Å². The molecule has 1 saturated heterocycles. The molecule has 1 aromatic carbocycles. The second kappa shape index (κ2) is 5.46. The fourth-order valence-electron chi connectivity index (χ4n) is 1.37. The van der Waals surface area contributed by atoms with E-state index in [0.717, 1.165) is 12.1 Å². The van der Waals surface area contributed by atoms with E-state index in [0.29, 0.717) is 13.2 Å². The van der Waals surface area contributed by atoms with Gasteiger partial charge in [0, 0.05) is 10.7 Å². The molecule has 0 saturated carbocycles. The molecule has 1 aliphatic heterocycles. The van der Waals surface area contributed by atoms with Crippen molar-refractivity contribution in [3.05, 3.63) is 27.7 Å². The maximum atomic E-state index is 11.8. The number of esters is 1. The lowest BCUT2D eigenvalue weighted by atomic mass is 10.2. The van der Waals surface area contributed by atoms with Crippen LogP contribution in [0.25, 0.3) is 0 Å². The number of carbonyl (C=O) groups excluding carboxylic acids is 1. The molecule has 9 heteroatoms. The Bertz CT molecular complexity index is 624. The molecule has 1 fully saturated rings. The van der Waals surface area contributed by atoms with Gasteiger partial charge in [-0.15, -0.1) is 0 Å². The van der Waals surface area contributed by atoms with Crippen LogP contribution in [-0.2, 0) is 18.5 Å². The highest BCUT2D eigenvalue weighted by Crippen LogP contribution is 2.31. The molecule has 0 atom stereocenters. The Morgan fingerprint density at radius 1 is 1.26 bits per heavy atom. The Morgan fingerprint density at radius 3 is 2.37 bits per heavy atom. The molecule has 0 spiro atoms. The monoisotopic (exact) mass is 344 g/mol. The van der Waals surface area contributed by atoms with Crippen LogP contribution in [0.15, 0.2) is 17.0 Å². The van der Waals surface area contributed by atoms with E-state index in [9.17, 15) is 13.2 Å². The zero-order valence-corrected chi connectivity index (χ0v) is 12.3. The van der Waals surface area contributed by atoms with Gasteiger partial charge in [0.1, 0.15) is 11.0 Å². The van der Waals surface area contributed by atoms with Crippen molar-refractivity contribution >= 4 is 48.9 Å². The molecule has 0 amide bonds. The van der Waals surface area contributed by atoms with Crippen molar-refractivity contribution in [2.45, 2.75) is 11.0 Å². The molecule has 104 valence electrons. The van der Waals surface area contributed by atoms with Gasteiger partial charge in [0.2, 0.25) is 0 Å². The quantitative estimate of drug-likeness (QED) is 0.622. The molecule has 0 aromatic heterocycles. The van der Waals surface area contributed by atoms with Crippen molar-refractivity contribution in [1.82, 2.24) is 0 Å². The summed E-state index contributed by atoms with van der Waals surface area (Å²) in [5, 5.41) is -0.178. The summed E-state index contributed by atoms with van der Waals surface area (Å²) in [6.07, 6.45) is -0.352. The first-order valence-electron chi connectivity index (χ1n) is 5.01. The number of halogens is 3. The van der Waals surface area contributed by atoms with Crippen LogP contribution in [0.1, 0.15) is 10.4 Å². The molecule has 0 radical (unpaired) electrons. The van der Waals surface area contributed by atoms with Crippen molar-refractivity contribution in [1.29, 1.82) is 0 Å². The first-order valence-corrected chi connectivity index (χ1v) is 8.08. The highest BCUT2D eigenvalue weighted by molar-refractivity contribution is 8.13. The lowest BCUT2D eigenvalue weighted by Crippen LogP contribution is -2.37. The molecule has 19 heavy (non-hydrogen) atoms. The van der Waals surface area contributed by atoms with Crippen LogP contribution >= 0.6 is 33.9 Å². The number of benzene rings is 1. The molecule has 0 N–H and O–H groups in total. The first kappa shape index (κ1) is 14.9. The van der Waals surface area contributed by atoms with E-state index in [1.807, 2.05) is 0 Å². The topological polar surface area (TPSA) is 69.7 Å². The van der Waals surface area contributed by atoms with Crippen LogP contribution in [0.2, 0.25) is 10.0 Å². The number of carbonyl (C=O) groups is 1. The molecule has 1 aromatic rings. The van der Waals surface area contributed by atoms with Gasteiger partial charge >= 0.3 is 5.97 Å². The average Bonchev–Trinajstić information content (AvgIpc) is 2.21. The van der Waals surface area contributed by atoms with Crippen LogP contribution in [0.5, 0.6) is 0 Å². The summed E-state index contributed by atoms with van der Waals surface area (Å²) >= 11 is 11.6. The summed E-state index contributed by atoms with van der Waals surface area (Å²) in [5.41, 5.74) is -0.114. The minimum atomic E-state index is -4.08. The van der Waals surface area contributed by atoms with E-state index in [-0.39, 0.29) is 21.7 Å². The van der Waals surface area contributed by atoms with E-state index < -0.39 is 19.9 Å². The average molecular weight is 346 g/mol. The Kier molecular flexibility index (Phi) is 4.27. The fraction of sp³-hybridized carbons (Fsp3) is 0.300. The lowest BCUT2D eigenvalue weighted by Gasteiger charge is -2.25. The van der Waals surface area contributed by atoms with Crippen LogP contribution in [0, 0.1) is 0 Å². The molecule has 2 rings (SSSR count). The Balaban J connectivity index is 2.36. The molecule has 1 heterocycles. The molecule has 0 bridgehead atoms. The summed E-state index contributed by atoms with van der Waals surface area (Å²) in [6, 6.07) is 2.13. The normalized spacial score (nSPS) is 15.9. The van der Waals surface area contributed by atoms with Crippen LogP contribution < -0.4 is 0 Å². The van der Waals surface area contributed by atoms with Crippen molar-refractivity contribution in [3.63, 3.8) is 0 Å². The van der Waals surface area contributed by atoms with E-state index in [2.05, 4.69) is 0 Å². The number of hydrogen-bond donors (Lipinski definition) is 0. The second-order valence-electron chi connectivity index (χ2n) is 3.77. The van der Waals surface area contributed by atoms with Gasteiger partial charge in [-0.3, -0.25) is 0 Å². The van der Waals surface area contributed by atoms with Gasteiger partial charge in [0.05, 0.1) is 28.8 Å². The molecule has 1 aliphatic rings. The highest BCUT2D eigenvalue weighted by atomic mass is 35.7. The molecule has 0 aliphatic carbocycles. The van der Waals surface area contributed by atoms with Gasteiger partial charge in [-0.05, 0) is 12.1 Å². The van der Waals surface area contributed by atoms with Gasteiger partial charge < -0.3 is 9.47 Å². The predicted octanol–water partition coefficient (Wildman–Crippen LogP) is 2.48. The minimum absolute atomic E-state index is 0.0145. The zero-order valence-electron chi connectivity index (χ0n) is 9.23. The largest absolute Gasteiger partial charge is 0.454 e. The third kappa shape index (κ3) is 3.32. The van der Waals surface area contributed by atoms with E-state index >= 15 is 0 Å². The SMILES string of the molecule is O=C(OC1COC1)c1cc(S(=O)(=O)Cl)c(Cl)cc1Cl. The third-order valence-corrected chi connectivity index (χ3v) is 4.48. The van der Waals surface area contributed by atoms with Gasteiger partial charge in [-0.2, -0.15) is 0 Å². The van der Waals surface area contributed by atoms with Crippen LogP contribution in [0.4, 0.5) is 0 Å². The predicted molar refractivity (Wildman–Crippen MR) is 69.5 cm³/mol. The number of rotatable bonds is 3. The van der Waals surface area contributed by atoms with Crippen molar-refractivity contribution in [2.75, 3.05) is 13.2 Å². The van der Waals surface area contributed by atoms with E-state index in [1.165, 1.54) is 0 Å². The van der Waals surface area contributed by atoms with Crippen molar-refractivity contribution in [3.8, 4) is 0 Å². The fourth-order valence-corrected chi connectivity index (χ4v) is 3.19. The van der Waals surface area contributed by atoms with Crippen molar-refractivity contribution < 1.29 is 22.7 Å². The summed E-state index contributed by atoms with van der Waals surface area (Å²) in [6.45, 7) is 0.606. The standard InChI is InChI=1S/C10H7Cl3O5S/c11-7-2-8(12)9(19(13,15)16)1-6(7)10(14)18-5-3-17-4-5/h1-2,5H,3-4H2. The summed E-state index contributed by atoms with van der Waals surface area (Å²) in [7, 11) is 1.13. The summed E-state index contributed by atoms with van der Waals surface area (Å²) in [5.74, 6) is -0.753. The second-order valence-corrected chi connectivity index (χ2v) is 7.11.